The van der Waals surface area contributed by atoms with Gasteiger partial charge in [0.05, 0.1) is 7.11 Å². The molecule has 0 atom stereocenters. The van der Waals surface area contributed by atoms with Crippen LogP contribution in [-0.2, 0) is 0 Å². The Labute approximate surface area is 118 Å². The van der Waals surface area contributed by atoms with Crippen molar-refractivity contribution in [2.75, 3.05) is 19.5 Å². The molecule has 5 heteroatoms. The van der Waals surface area contributed by atoms with Crippen LogP contribution in [-0.4, -0.2) is 24.1 Å². The first-order valence-corrected chi connectivity index (χ1v) is 6.45. The number of anilines is 1. The summed E-state index contributed by atoms with van der Waals surface area (Å²) in [4.78, 5) is 8.86. The van der Waals surface area contributed by atoms with Crippen molar-refractivity contribution >= 4 is 5.82 Å². The number of nitrogens with one attached hydrogen (secondary N) is 1. The first kappa shape index (κ1) is 14.2. The molecule has 0 unspecified atom stereocenters. The van der Waals surface area contributed by atoms with Gasteiger partial charge in [0.2, 0.25) is 0 Å². The maximum absolute atomic E-state index is 13.8. The predicted octanol–water partition coefficient (Wildman–Crippen LogP) is 3.46. The van der Waals surface area contributed by atoms with Crippen molar-refractivity contribution in [3.8, 4) is 17.1 Å². The molecule has 1 N–H and O–H groups in total. The first-order chi connectivity index (χ1) is 9.55. The zero-order valence-electron chi connectivity index (χ0n) is 12.1. The summed E-state index contributed by atoms with van der Waals surface area (Å²) in [6, 6.07) is 6.61. The van der Waals surface area contributed by atoms with E-state index in [2.05, 4.69) is 29.1 Å². The molecule has 20 heavy (non-hydrogen) atoms. The number of halogens is 1. The van der Waals surface area contributed by atoms with Gasteiger partial charge in [-0.15, -0.1) is 0 Å². The largest absolute Gasteiger partial charge is 0.494 e. The number of nitrogens with zero attached hydrogens (tertiary/aromatic N) is 2. The fraction of sp³-hybridized carbons (Fsp3) is 0.333. The fourth-order valence-electron chi connectivity index (χ4n) is 1.82. The number of benzene rings is 1. The number of hydrogen-bond acceptors (Lipinski definition) is 4. The van der Waals surface area contributed by atoms with E-state index < -0.39 is 5.82 Å². The fourth-order valence-corrected chi connectivity index (χ4v) is 1.82. The van der Waals surface area contributed by atoms with Crippen molar-refractivity contribution in [2.45, 2.75) is 19.8 Å². The lowest BCUT2D eigenvalue weighted by Crippen LogP contribution is -2.02. The number of aromatic nitrogens is 2. The average molecular weight is 275 g/mol. The predicted molar refractivity (Wildman–Crippen MR) is 77.6 cm³/mol. The third-order valence-corrected chi connectivity index (χ3v) is 3.00. The lowest BCUT2D eigenvalue weighted by molar-refractivity contribution is 0.386. The third kappa shape index (κ3) is 2.87. The van der Waals surface area contributed by atoms with E-state index in [1.165, 1.54) is 13.2 Å². The van der Waals surface area contributed by atoms with Gasteiger partial charge in [0.25, 0.3) is 0 Å². The number of rotatable bonds is 4. The quantitative estimate of drug-likeness (QED) is 0.928. The molecule has 0 amide bonds. The maximum Gasteiger partial charge on any atom is 0.165 e. The molecule has 0 fully saturated rings. The Balaban J connectivity index is 2.51. The lowest BCUT2D eigenvalue weighted by Gasteiger charge is -2.10. The second kappa shape index (κ2) is 5.86. The highest BCUT2D eigenvalue weighted by Gasteiger charge is 2.11. The Bertz CT molecular complexity index is 614. The summed E-state index contributed by atoms with van der Waals surface area (Å²) in [6.45, 7) is 4.11. The molecule has 106 valence electrons. The van der Waals surface area contributed by atoms with Gasteiger partial charge < -0.3 is 10.1 Å². The minimum Gasteiger partial charge on any atom is -0.494 e. The summed E-state index contributed by atoms with van der Waals surface area (Å²) < 4.78 is 18.7. The van der Waals surface area contributed by atoms with Crippen molar-refractivity contribution in [3.05, 3.63) is 35.8 Å². The molecule has 1 heterocycles. The van der Waals surface area contributed by atoms with Gasteiger partial charge in [-0.1, -0.05) is 13.8 Å². The molecule has 0 bridgehead atoms. The van der Waals surface area contributed by atoms with E-state index in [-0.39, 0.29) is 11.7 Å². The first-order valence-electron chi connectivity index (χ1n) is 6.45. The third-order valence-electron chi connectivity index (χ3n) is 3.00. The molecule has 0 aliphatic carbocycles. The van der Waals surface area contributed by atoms with Crippen LogP contribution in [0, 0.1) is 5.82 Å². The number of hydrogen-bond donors (Lipinski definition) is 1. The summed E-state index contributed by atoms with van der Waals surface area (Å²) in [7, 11) is 3.23. The molecule has 0 aliphatic rings. The van der Waals surface area contributed by atoms with Gasteiger partial charge in [0.1, 0.15) is 5.82 Å². The molecule has 2 aromatic rings. The SMILES string of the molecule is CNc1cc(C(C)C)nc(-c2ccc(OC)c(F)c2)n1. The van der Waals surface area contributed by atoms with Crippen LogP contribution >= 0.6 is 0 Å². The highest BCUT2D eigenvalue weighted by Crippen LogP contribution is 2.25. The maximum atomic E-state index is 13.8. The van der Waals surface area contributed by atoms with Gasteiger partial charge in [-0.25, -0.2) is 14.4 Å². The molecule has 0 saturated heterocycles. The van der Waals surface area contributed by atoms with Crippen molar-refractivity contribution in [1.82, 2.24) is 9.97 Å². The van der Waals surface area contributed by atoms with Crippen LogP contribution in [0.4, 0.5) is 10.2 Å². The summed E-state index contributed by atoms with van der Waals surface area (Å²) in [5.74, 6) is 1.28. The molecular formula is C15H18FN3O. The van der Waals surface area contributed by atoms with E-state index in [0.29, 0.717) is 11.4 Å². The van der Waals surface area contributed by atoms with Crippen molar-refractivity contribution in [1.29, 1.82) is 0 Å². The van der Waals surface area contributed by atoms with Crippen LogP contribution in [0.25, 0.3) is 11.4 Å². The monoisotopic (exact) mass is 275 g/mol. The van der Waals surface area contributed by atoms with Crippen molar-refractivity contribution in [2.24, 2.45) is 0 Å². The molecule has 0 aliphatic heterocycles. The van der Waals surface area contributed by atoms with Gasteiger partial charge in [-0.05, 0) is 24.1 Å². The van der Waals surface area contributed by atoms with Crippen molar-refractivity contribution in [3.63, 3.8) is 0 Å². The van der Waals surface area contributed by atoms with Crippen LogP contribution in [0.1, 0.15) is 25.5 Å². The molecule has 1 aromatic heterocycles. The highest BCUT2D eigenvalue weighted by atomic mass is 19.1. The molecule has 4 nitrogen and oxygen atoms in total. The number of methoxy groups -OCH3 is 1. The molecule has 2 rings (SSSR count). The van der Waals surface area contributed by atoms with Crippen molar-refractivity contribution < 1.29 is 9.13 Å². The van der Waals surface area contributed by atoms with Gasteiger partial charge in [-0.2, -0.15) is 0 Å². The standard InChI is InChI=1S/C15H18FN3O/c1-9(2)12-8-14(17-3)19-15(18-12)10-5-6-13(20-4)11(16)7-10/h5-9H,1-4H3,(H,17,18,19). The average Bonchev–Trinajstić information content (AvgIpc) is 2.46. The Morgan fingerprint density at radius 3 is 2.50 bits per heavy atom. The summed E-state index contributed by atoms with van der Waals surface area (Å²) in [5, 5.41) is 3.00. The Morgan fingerprint density at radius 1 is 1.20 bits per heavy atom. The molecule has 0 radical (unpaired) electrons. The van der Waals surface area contributed by atoms with E-state index >= 15 is 0 Å². The van der Waals surface area contributed by atoms with Gasteiger partial charge in [0, 0.05) is 24.4 Å². The zero-order chi connectivity index (χ0) is 14.7. The lowest BCUT2D eigenvalue weighted by atomic mass is 10.1. The highest BCUT2D eigenvalue weighted by molar-refractivity contribution is 5.59. The van der Waals surface area contributed by atoms with Crippen LogP contribution in [0.15, 0.2) is 24.3 Å². The zero-order valence-corrected chi connectivity index (χ0v) is 12.1. The second-order valence-corrected chi connectivity index (χ2v) is 4.76. The molecular weight excluding hydrogens is 257 g/mol. The Kier molecular flexibility index (Phi) is 4.17. The van der Waals surface area contributed by atoms with E-state index in [4.69, 9.17) is 4.74 Å². The topological polar surface area (TPSA) is 47.0 Å². The molecule has 0 saturated carbocycles. The summed E-state index contributed by atoms with van der Waals surface area (Å²) in [6.07, 6.45) is 0. The van der Waals surface area contributed by atoms with Gasteiger partial charge >= 0.3 is 0 Å². The normalized spacial score (nSPS) is 10.7. The summed E-state index contributed by atoms with van der Waals surface area (Å²) >= 11 is 0. The molecule has 0 spiro atoms. The van der Waals surface area contributed by atoms with Crippen LogP contribution in [0.5, 0.6) is 5.75 Å². The van der Waals surface area contributed by atoms with E-state index in [9.17, 15) is 4.39 Å². The van der Waals surface area contributed by atoms with Crippen LogP contribution in [0.2, 0.25) is 0 Å². The van der Waals surface area contributed by atoms with Crippen LogP contribution < -0.4 is 10.1 Å². The van der Waals surface area contributed by atoms with Crippen LogP contribution in [0.3, 0.4) is 0 Å². The van der Waals surface area contributed by atoms with Gasteiger partial charge in [0.15, 0.2) is 17.4 Å². The Hall–Kier alpha value is -2.17. The van der Waals surface area contributed by atoms with E-state index in [1.807, 2.05) is 6.07 Å². The smallest absolute Gasteiger partial charge is 0.165 e. The minimum absolute atomic E-state index is 0.211. The second-order valence-electron chi connectivity index (χ2n) is 4.76. The molecule has 1 aromatic carbocycles. The Morgan fingerprint density at radius 2 is 1.95 bits per heavy atom. The van der Waals surface area contributed by atoms with E-state index in [1.54, 1.807) is 19.2 Å². The minimum atomic E-state index is -0.422. The van der Waals surface area contributed by atoms with Gasteiger partial charge in [-0.3, -0.25) is 0 Å². The summed E-state index contributed by atoms with van der Waals surface area (Å²) in [5.41, 5.74) is 1.54. The number of ether oxygens (including phenoxy) is 1. The van der Waals surface area contributed by atoms with E-state index in [0.717, 1.165) is 11.5 Å².